The summed E-state index contributed by atoms with van der Waals surface area (Å²) in [7, 11) is -3.66. The molecule has 132 valence electrons. The van der Waals surface area contributed by atoms with Gasteiger partial charge in [-0.05, 0) is 48.4 Å². The topological polar surface area (TPSA) is 75.7 Å². The van der Waals surface area contributed by atoms with Crippen molar-refractivity contribution >= 4 is 33.4 Å². The van der Waals surface area contributed by atoms with E-state index in [9.17, 15) is 13.2 Å². The van der Waals surface area contributed by atoms with E-state index in [0.29, 0.717) is 29.4 Å². The van der Waals surface area contributed by atoms with Crippen LogP contribution in [0.2, 0.25) is 5.02 Å². The zero-order valence-corrected chi connectivity index (χ0v) is 15.1. The van der Waals surface area contributed by atoms with E-state index in [-0.39, 0.29) is 11.4 Å². The molecule has 1 fully saturated rings. The Bertz CT molecular complexity index is 915. The molecule has 1 heterocycles. The number of benzene rings is 2. The molecule has 3 rings (SSSR count). The van der Waals surface area contributed by atoms with Crippen molar-refractivity contribution in [2.75, 3.05) is 18.1 Å². The van der Waals surface area contributed by atoms with Crippen LogP contribution in [-0.2, 0) is 21.3 Å². The van der Waals surface area contributed by atoms with Crippen molar-refractivity contribution in [1.82, 2.24) is 4.72 Å². The molecule has 1 aliphatic rings. The number of carbonyl (C=O) groups excluding carboxylic acids is 1. The van der Waals surface area contributed by atoms with Crippen molar-refractivity contribution in [2.45, 2.75) is 18.4 Å². The summed E-state index contributed by atoms with van der Waals surface area (Å²) in [6.45, 7) is 2.64. The second-order valence-corrected chi connectivity index (χ2v) is 7.84. The van der Waals surface area contributed by atoms with E-state index in [0.717, 1.165) is 5.56 Å². The summed E-state index contributed by atoms with van der Waals surface area (Å²) in [5.41, 5.74) is 2.00. The van der Waals surface area contributed by atoms with Crippen molar-refractivity contribution in [3.63, 3.8) is 0 Å². The SMILES string of the molecule is Cc1cc(Cl)ccc1S(=O)(=O)NCc1cccc(N2CCOC2=O)c1. The third kappa shape index (κ3) is 3.95. The number of hydrogen-bond donors (Lipinski definition) is 1. The molecule has 6 nitrogen and oxygen atoms in total. The van der Waals surface area contributed by atoms with Gasteiger partial charge in [-0.25, -0.2) is 17.9 Å². The van der Waals surface area contributed by atoms with Gasteiger partial charge >= 0.3 is 6.09 Å². The Labute approximate surface area is 151 Å². The molecule has 0 aliphatic carbocycles. The van der Waals surface area contributed by atoms with Crippen LogP contribution in [0.15, 0.2) is 47.4 Å². The highest BCUT2D eigenvalue weighted by molar-refractivity contribution is 7.89. The van der Waals surface area contributed by atoms with Gasteiger partial charge in [-0.1, -0.05) is 23.7 Å². The summed E-state index contributed by atoms with van der Waals surface area (Å²) < 4.78 is 32.5. The quantitative estimate of drug-likeness (QED) is 0.864. The Morgan fingerprint density at radius 2 is 2.04 bits per heavy atom. The van der Waals surface area contributed by atoms with Gasteiger partial charge in [0, 0.05) is 17.3 Å². The first-order chi connectivity index (χ1) is 11.9. The first-order valence-electron chi connectivity index (χ1n) is 7.66. The summed E-state index contributed by atoms with van der Waals surface area (Å²) in [4.78, 5) is 13.3. The first-order valence-corrected chi connectivity index (χ1v) is 9.52. The van der Waals surface area contributed by atoms with Crippen LogP contribution in [0, 0.1) is 6.92 Å². The lowest BCUT2D eigenvalue weighted by molar-refractivity contribution is 0.181. The maximum Gasteiger partial charge on any atom is 0.414 e. The van der Waals surface area contributed by atoms with Gasteiger partial charge in [0.15, 0.2) is 0 Å². The molecule has 0 spiro atoms. The second-order valence-electron chi connectivity index (χ2n) is 5.67. The third-order valence-corrected chi connectivity index (χ3v) is 5.67. The van der Waals surface area contributed by atoms with Crippen molar-refractivity contribution in [1.29, 1.82) is 0 Å². The van der Waals surface area contributed by atoms with Gasteiger partial charge in [0.2, 0.25) is 10.0 Å². The summed E-state index contributed by atoms with van der Waals surface area (Å²) in [6.07, 6.45) is -0.394. The molecule has 0 unspecified atom stereocenters. The van der Waals surface area contributed by atoms with E-state index in [1.54, 1.807) is 43.3 Å². The van der Waals surface area contributed by atoms with Crippen LogP contribution in [0.25, 0.3) is 0 Å². The number of ether oxygens (including phenoxy) is 1. The van der Waals surface area contributed by atoms with Gasteiger partial charge in [0.25, 0.3) is 0 Å². The Kier molecular flexibility index (Phi) is 4.99. The van der Waals surface area contributed by atoms with E-state index in [4.69, 9.17) is 16.3 Å². The number of nitrogens with one attached hydrogen (secondary N) is 1. The molecule has 1 aliphatic heterocycles. The fraction of sp³-hybridized carbons (Fsp3) is 0.235. The number of sulfonamides is 1. The fourth-order valence-corrected chi connectivity index (χ4v) is 4.10. The van der Waals surface area contributed by atoms with E-state index in [1.165, 1.54) is 11.0 Å². The van der Waals surface area contributed by atoms with Crippen molar-refractivity contribution < 1.29 is 17.9 Å². The summed E-state index contributed by atoms with van der Waals surface area (Å²) >= 11 is 5.87. The zero-order chi connectivity index (χ0) is 18.0. The van der Waals surface area contributed by atoms with E-state index >= 15 is 0 Å². The standard InChI is InChI=1S/C17H17ClN2O4S/c1-12-9-14(18)5-6-16(12)25(22,23)19-11-13-3-2-4-15(10-13)20-7-8-24-17(20)21/h2-6,9-10,19H,7-8,11H2,1H3. The van der Waals surface area contributed by atoms with Crippen LogP contribution in [0.3, 0.4) is 0 Å². The Balaban J connectivity index is 1.76. The zero-order valence-electron chi connectivity index (χ0n) is 13.5. The number of aryl methyl sites for hydroxylation is 1. The number of amides is 1. The van der Waals surface area contributed by atoms with Crippen LogP contribution in [0.5, 0.6) is 0 Å². The molecule has 1 N–H and O–H groups in total. The molecule has 1 amide bonds. The predicted octanol–water partition coefficient (Wildman–Crippen LogP) is 3.08. The van der Waals surface area contributed by atoms with E-state index < -0.39 is 16.1 Å². The maximum atomic E-state index is 12.5. The second kappa shape index (κ2) is 7.03. The molecule has 0 saturated carbocycles. The first kappa shape index (κ1) is 17.7. The van der Waals surface area contributed by atoms with Crippen molar-refractivity contribution in [2.24, 2.45) is 0 Å². The molecule has 8 heteroatoms. The molecular weight excluding hydrogens is 364 g/mol. The lowest BCUT2D eigenvalue weighted by Crippen LogP contribution is -2.25. The minimum absolute atomic E-state index is 0.112. The molecule has 0 radical (unpaired) electrons. The van der Waals surface area contributed by atoms with Gasteiger partial charge in [-0.15, -0.1) is 0 Å². The number of carbonyl (C=O) groups is 1. The van der Waals surface area contributed by atoms with Crippen LogP contribution in [-0.4, -0.2) is 27.7 Å². The lowest BCUT2D eigenvalue weighted by atomic mass is 10.2. The molecular formula is C17H17ClN2O4S. The van der Waals surface area contributed by atoms with Crippen LogP contribution in [0.4, 0.5) is 10.5 Å². The number of anilines is 1. The molecule has 0 aromatic heterocycles. The largest absolute Gasteiger partial charge is 0.447 e. The van der Waals surface area contributed by atoms with Gasteiger partial charge in [-0.2, -0.15) is 0 Å². The number of rotatable bonds is 5. The Morgan fingerprint density at radius 3 is 2.72 bits per heavy atom. The molecule has 1 saturated heterocycles. The van der Waals surface area contributed by atoms with Crippen LogP contribution < -0.4 is 9.62 Å². The maximum absolute atomic E-state index is 12.5. The smallest absolute Gasteiger partial charge is 0.414 e. The summed E-state index contributed by atoms with van der Waals surface area (Å²) in [5, 5.41) is 0.488. The third-order valence-electron chi connectivity index (χ3n) is 3.88. The van der Waals surface area contributed by atoms with Crippen LogP contribution >= 0.6 is 11.6 Å². The Morgan fingerprint density at radius 1 is 1.24 bits per heavy atom. The van der Waals surface area contributed by atoms with Crippen LogP contribution in [0.1, 0.15) is 11.1 Å². The summed E-state index contributed by atoms with van der Waals surface area (Å²) in [6, 6.07) is 11.8. The minimum atomic E-state index is -3.66. The van der Waals surface area contributed by atoms with E-state index in [2.05, 4.69) is 4.72 Å². The monoisotopic (exact) mass is 380 g/mol. The highest BCUT2D eigenvalue weighted by atomic mass is 35.5. The van der Waals surface area contributed by atoms with Crippen molar-refractivity contribution in [3.8, 4) is 0 Å². The molecule has 25 heavy (non-hydrogen) atoms. The summed E-state index contributed by atoms with van der Waals surface area (Å²) in [5.74, 6) is 0. The van der Waals surface area contributed by atoms with Gasteiger partial charge in [0.1, 0.15) is 6.61 Å². The number of hydrogen-bond acceptors (Lipinski definition) is 4. The number of nitrogens with zero attached hydrogens (tertiary/aromatic N) is 1. The average molecular weight is 381 g/mol. The molecule has 0 atom stereocenters. The van der Waals surface area contributed by atoms with Gasteiger partial charge in [-0.3, -0.25) is 4.90 Å². The predicted molar refractivity (Wildman–Crippen MR) is 95.4 cm³/mol. The van der Waals surface area contributed by atoms with Gasteiger partial charge < -0.3 is 4.74 Å². The fourth-order valence-electron chi connectivity index (χ4n) is 2.63. The van der Waals surface area contributed by atoms with Gasteiger partial charge in [0.05, 0.1) is 11.4 Å². The number of cyclic esters (lactones) is 1. The molecule has 2 aromatic carbocycles. The normalized spacial score (nSPS) is 14.6. The number of halogens is 1. The highest BCUT2D eigenvalue weighted by Gasteiger charge is 2.23. The van der Waals surface area contributed by atoms with Crippen molar-refractivity contribution in [3.05, 3.63) is 58.6 Å². The van der Waals surface area contributed by atoms with E-state index in [1.807, 2.05) is 0 Å². The highest BCUT2D eigenvalue weighted by Crippen LogP contribution is 2.22. The molecule has 2 aromatic rings. The average Bonchev–Trinajstić information content (AvgIpc) is 2.99. The minimum Gasteiger partial charge on any atom is -0.447 e. The Hall–Kier alpha value is -2.09. The lowest BCUT2D eigenvalue weighted by Gasteiger charge is -2.14. The molecule has 0 bridgehead atoms.